The summed E-state index contributed by atoms with van der Waals surface area (Å²) in [5, 5.41) is 1.20. The number of rotatable bonds is 4. The van der Waals surface area contributed by atoms with Crippen LogP contribution in [0.4, 0.5) is 4.39 Å². The third-order valence-electron chi connectivity index (χ3n) is 7.10. The van der Waals surface area contributed by atoms with E-state index in [0.29, 0.717) is 33.5 Å². The van der Waals surface area contributed by atoms with E-state index in [2.05, 4.69) is 19.5 Å². The summed E-state index contributed by atoms with van der Waals surface area (Å²) in [5.74, 6) is 0.991. The Bertz CT molecular complexity index is 1640. The van der Waals surface area contributed by atoms with E-state index >= 15 is 4.39 Å². The standard InChI is InChI=1S/C28H26ClFN6O/c1-15-9-10-32-28(34-15)37-19-7-8-20(23(29)11-19)21-12-22-25(13-24(21)30)33-14-26-27(22)36(16(2)35-26)18-5-3-17(31)4-6-18/h7-14,17-18H,3-6,31H2,1-2H3. The number of aryl methyl sites for hydroxylation is 2. The molecule has 0 unspecified atom stereocenters. The fourth-order valence-electron chi connectivity index (χ4n) is 5.29. The van der Waals surface area contributed by atoms with Gasteiger partial charge in [-0.25, -0.2) is 19.3 Å². The Balaban J connectivity index is 1.44. The molecule has 1 aliphatic rings. The quantitative estimate of drug-likeness (QED) is 0.286. The number of imidazole rings is 1. The van der Waals surface area contributed by atoms with Gasteiger partial charge in [-0.3, -0.25) is 4.98 Å². The van der Waals surface area contributed by atoms with Crippen molar-refractivity contribution in [2.45, 2.75) is 51.6 Å². The fraction of sp³-hybridized carbons (Fsp3) is 0.286. The maximum absolute atomic E-state index is 15.4. The van der Waals surface area contributed by atoms with E-state index in [4.69, 9.17) is 27.1 Å². The second kappa shape index (κ2) is 9.36. The van der Waals surface area contributed by atoms with Gasteiger partial charge in [0, 0.05) is 52.6 Å². The van der Waals surface area contributed by atoms with Crippen LogP contribution in [0.15, 0.2) is 48.8 Å². The lowest BCUT2D eigenvalue weighted by Crippen LogP contribution is -2.28. The summed E-state index contributed by atoms with van der Waals surface area (Å²) in [7, 11) is 0. The van der Waals surface area contributed by atoms with Gasteiger partial charge in [0.1, 0.15) is 22.9 Å². The van der Waals surface area contributed by atoms with Gasteiger partial charge in [0.2, 0.25) is 0 Å². The molecule has 3 aromatic heterocycles. The van der Waals surface area contributed by atoms with E-state index in [0.717, 1.165) is 53.6 Å². The molecule has 2 N–H and O–H groups in total. The molecule has 37 heavy (non-hydrogen) atoms. The SMILES string of the molecule is Cc1ccnc(Oc2ccc(-c3cc4c(cc3F)ncc3nc(C)n(C5CCC(N)CC5)c34)c(Cl)c2)n1. The van der Waals surface area contributed by atoms with Gasteiger partial charge in [-0.2, -0.15) is 0 Å². The lowest BCUT2D eigenvalue weighted by atomic mass is 9.91. The summed E-state index contributed by atoms with van der Waals surface area (Å²) in [4.78, 5) is 17.6. The van der Waals surface area contributed by atoms with Crippen LogP contribution < -0.4 is 10.5 Å². The first-order valence-corrected chi connectivity index (χ1v) is 12.7. The van der Waals surface area contributed by atoms with Crippen LogP contribution in [0.3, 0.4) is 0 Å². The Morgan fingerprint density at radius 2 is 1.78 bits per heavy atom. The van der Waals surface area contributed by atoms with Crippen molar-refractivity contribution in [1.29, 1.82) is 0 Å². The van der Waals surface area contributed by atoms with Gasteiger partial charge in [0.25, 0.3) is 0 Å². The molecule has 0 radical (unpaired) electrons. The Hall–Kier alpha value is -3.62. The summed E-state index contributed by atoms with van der Waals surface area (Å²) in [5.41, 5.74) is 10.2. The van der Waals surface area contributed by atoms with Crippen molar-refractivity contribution in [1.82, 2.24) is 24.5 Å². The van der Waals surface area contributed by atoms with Crippen LogP contribution in [0, 0.1) is 19.7 Å². The summed E-state index contributed by atoms with van der Waals surface area (Å²) in [6, 6.07) is 11.0. The Kier molecular flexibility index (Phi) is 6.01. The van der Waals surface area contributed by atoms with Gasteiger partial charge in [0.15, 0.2) is 0 Å². The number of aromatic nitrogens is 5. The topological polar surface area (TPSA) is 91.7 Å². The Morgan fingerprint density at radius 3 is 2.54 bits per heavy atom. The average Bonchev–Trinajstić information content (AvgIpc) is 3.21. The van der Waals surface area contributed by atoms with Crippen molar-refractivity contribution in [2.24, 2.45) is 5.73 Å². The van der Waals surface area contributed by atoms with E-state index < -0.39 is 5.82 Å². The van der Waals surface area contributed by atoms with Crippen LogP contribution in [0.5, 0.6) is 11.8 Å². The van der Waals surface area contributed by atoms with Gasteiger partial charge in [-0.15, -0.1) is 0 Å². The zero-order chi connectivity index (χ0) is 25.7. The summed E-state index contributed by atoms with van der Waals surface area (Å²) in [6.07, 6.45) is 7.28. The van der Waals surface area contributed by atoms with E-state index in [-0.39, 0.29) is 12.1 Å². The first kappa shape index (κ1) is 23.8. The number of nitrogens with two attached hydrogens (primary N) is 1. The normalized spacial score (nSPS) is 18.0. The molecule has 6 rings (SSSR count). The van der Waals surface area contributed by atoms with Crippen LogP contribution in [0.1, 0.15) is 43.2 Å². The van der Waals surface area contributed by atoms with Crippen molar-refractivity contribution >= 4 is 33.5 Å². The molecule has 0 atom stereocenters. The molecule has 0 spiro atoms. The molecular weight excluding hydrogens is 491 g/mol. The fourth-order valence-corrected chi connectivity index (χ4v) is 5.56. The first-order valence-electron chi connectivity index (χ1n) is 12.4. The van der Waals surface area contributed by atoms with Crippen molar-refractivity contribution in [3.63, 3.8) is 0 Å². The Labute approximate surface area is 218 Å². The van der Waals surface area contributed by atoms with Crippen molar-refractivity contribution < 1.29 is 9.13 Å². The van der Waals surface area contributed by atoms with Gasteiger partial charge in [-0.1, -0.05) is 11.6 Å². The second-order valence-corrected chi connectivity index (χ2v) is 10.1. The number of fused-ring (bicyclic) bond motifs is 3. The van der Waals surface area contributed by atoms with Crippen LogP contribution in [-0.4, -0.2) is 30.5 Å². The summed E-state index contributed by atoms with van der Waals surface area (Å²) in [6.45, 7) is 3.87. The number of halogens is 2. The molecular formula is C28H26ClFN6O. The van der Waals surface area contributed by atoms with Crippen LogP contribution in [0.2, 0.25) is 5.02 Å². The Morgan fingerprint density at radius 1 is 0.973 bits per heavy atom. The molecule has 0 bridgehead atoms. The van der Waals surface area contributed by atoms with Gasteiger partial charge in [-0.05, 0) is 63.8 Å². The molecule has 1 fully saturated rings. The summed E-state index contributed by atoms with van der Waals surface area (Å²) < 4.78 is 23.4. The van der Waals surface area contributed by atoms with Crippen LogP contribution in [0.25, 0.3) is 33.1 Å². The molecule has 7 nitrogen and oxygen atoms in total. The largest absolute Gasteiger partial charge is 0.424 e. The molecule has 9 heteroatoms. The lowest BCUT2D eigenvalue weighted by molar-refractivity contribution is 0.325. The highest BCUT2D eigenvalue weighted by atomic mass is 35.5. The minimum absolute atomic E-state index is 0.224. The van der Waals surface area contributed by atoms with Crippen LogP contribution >= 0.6 is 11.6 Å². The molecule has 1 saturated carbocycles. The molecule has 0 saturated heterocycles. The number of nitrogens with zero attached hydrogens (tertiary/aromatic N) is 5. The van der Waals surface area contributed by atoms with E-state index in [1.165, 1.54) is 6.07 Å². The highest BCUT2D eigenvalue weighted by Gasteiger charge is 2.25. The van der Waals surface area contributed by atoms with Crippen LogP contribution in [-0.2, 0) is 0 Å². The predicted molar refractivity (Wildman–Crippen MR) is 142 cm³/mol. The third kappa shape index (κ3) is 4.40. The maximum Gasteiger partial charge on any atom is 0.322 e. The molecule has 2 aromatic carbocycles. The molecule has 1 aliphatic carbocycles. The third-order valence-corrected chi connectivity index (χ3v) is 7.41. The highest BCUT2D eigenvalue weighted by molar-refractivity contribution is 6.33. The maximum atomic E-state index is 15.4. The van der Waals surface area contributed by atoms with Gasteiger partial charge in [0.05, 0.1) is 22.3 Å². The number of ether oxygens (including phenoxy) is 1. The molecule has 0 amide bonds. The number of hydrogen-bond acceptors (Lipinski definition) is 6. The van der Waals surface area contributed by atoms with E-state index in [9.17, 15) is 0 Å². The molecule has 5 aromatic rings. The molecule has 3 heterocycles. The number of pyridine rings is 1. The van der Waals surface area contributed by atoms with E-state index in [1.807, 2.05) is 19.9 Å². The smallest absolute Gasteiger partial charge is 0.322 e. The monoisotopic (exact) mass is 516 g/mol. The number of hydrogen-bond donors (Lipinski definition) is 1. The van der Waals surface area contributed by atoms with Crippen molar-refractivity contribution in [3.05, 3.63) is 71.2 Å². The van der Waals surface area contributed by atoms with Crippen molar-refractivity contribution in [2.75, 3.05) is 0 Å². The molecule has 0 aliphatic heterocycles. The second-order valence-electron chi connectivity index (χ2n) is 9.66. The zero-order valence-electron chi connectivity index (χ0n) is 20.6. The number of benzene rings is 2. The van der Waals surface area contributed by atoms with Crippen molar-refractivity contribution in [3.8, 4) is 22.9 Å². The lowest BCUT2D eigenvalue weighted by Gasteiger charge is -2.28. The first-order chi connectivity index (χ1) is 17.9. The molecule has 188 valence electrons. The predicted octanol–water partition coefficient (Wildman–Crippen LogP) is 6.69. The van der Waals surface area contributed by atoms with E-state index in [1.54, 1.807) is 36.7 Å². The zero-order valence-corrected chi connectivity index (χ0v) is 21.3. The van der Waals surface area contributed by atoms with Gasteiger partial charge >= 0.3 is 6.01 Å². The minimum Gasteiger partial charge on any atom is -0.424 e. The average molecular weight is 517 g/mol. The summed E-state index contributed by atoms with van der Waals surface area (Å²) >= 11 is 6.64. The minimum atomic E-state index is -0.400. The van der Waals surface area contributed by atoms with Gasteiger partial charge < -0.3 is 15.0 Å². The highest BCUT2D eigenvalue weighted by Crippen LogP contribution is 2.39.